The molecular formula is C15H24N4O. The summed E-state index contributed by atoms with van der Waals surface area (Å²) in [6, 6.07) is 8.11. The van der Waals surface area contributed by atoms with Crippen molar-refractivity contribution in [3.63, 3.8) is 0 Å². The summed E-state index contributed by atoms with van der Waals surface area (Å²) in [5, 5.41) is 9.60. The first-order valence-electron chi connectivity index (χ1n) is 7.30. The number of amides is 2. The Hall–Kier alpha value is -1.75. The van der Waals surface area contributed by atoms with Gasteiger partial charge in [0.15, 0.2) is 0 Å². The van der Waals surface area contributed by atoms with Gasteiger partial charge in [0.25, 0.3) is 0 Å². The summed E-state index contributed by atoms with van der Waals surface area (Å²) >= 11 is 0. The SMILES string of the molecule is CC(CC1CCCCN1)Nc1ccc(NC(N)=O)cc1. The van der Waals surface area contributed by atoms with Gasteiger partial charge in [0.05, 0.1) is 0 Å². The van der Waals surface area contributed by atoms with Crippen molar-refractivity contribution in [3.05, 3.63) is 24.3 Å². The molecule has 2 amide bonds. The van der Waals surface area contributed by atoms with Crippen molar-refractivity contribution in [1.29, 1.82) is 0 Å². The Morgan fingerprint density at radius 1 is 1.35 bits per heavy atom. The number of benzene rings is 1. The third-order valence-electron chi connectivity index (χ3n) is 3.62. The quantitative estimate of drug-likeness (QED) is 0.667. The molecule has 0 aliphatic carbocycles. The fourth-order valence-electron chi connectivity index (χ4n) is 2.69. The number of carbonyl (C=O) groups is 1. The second-order valence-electron chi connectivity index (χ2n) is 5.49. The van der Waals surface area contributed by atoms with E-state index >= 15 is 0 Å². The van der Waals surface area contributed by atoms with Crippen LogP contribution in [0, 0.1) is 0 Å². The van der Waals surface area contributed by atoms with Crippen LogP contribution < -0.4 is 21.7 Å². The van der Waals surface area contributed by atoms with Gasteiger partial charge in [-0.05, 0) is 57.0 Å². The number of rotatable bonds is 5. The smallest absolute Gasteiger partial charge is 0.316 e. The highest BCUT2D eigenvalue weighted by atomic mass is 16.2. The molecule has 0 spiro atoms. The second-order valence-corrected chi connectivity index (χ2v) is 5.49. The number of piperidine rings is 1. The van der Waals surface area contributed by atoms with E-state index in [1.54, 1.807) is 0 Å². The van der Waals surface area contributed by atoms with E-state index in [-0.39, 0.29) is 0 Å². The van der Waals surface area contributed by atoms with Gasteiger partial charge < -0.3 is 21.7 Å². The van der Waals surface area contributed by atoms with Crippen LogP contribution in [-0.2, 0) is 0 Å². The lowest BCUT2D eigenvalue weighted by Crippen LogP contribution is -2.37. The standard InChI is InChI=1S/C15H24N4O/c1-11(10-14-4-2-3-9-17-14)18-12-5-7-13(8-6-12)19-15(16)20/h5-8,11,14,17-18H,2-4,9-10H2,1H3,(H3,16,19,20). The lowest BCUT2D eigenvalue weighted by molar-refractivity contribution is 0.259. The van der Waals surface area contributed by atoms with Crippen molar-refractivity contribution in [3.8, 4) is 0 Å². The molecule has 2 rings (SSSR count). The topological polar surface area (TPSA) is 79.2 Å². The average Bonchev–Trinajstić information content (AvgIpc) is 2.41. The van der Waals surface area contributed by atoms with Crippen molar-refractivity contribution in [2.75, 3.05) is 17.2 Å². The molecule has 1 fully saturated rings. The molecule has 0 aromatic heterocycles. The highest BCUT2D eigenvalue weighted by Crippen LogP contribution is 2.17. The predicted octanol–water partition coefficient (Wildman–Crippen LogP) is 2.51. The van der Waals surface area contributed by atoms with Crippen LogP contribution in [0.5, 0.6) is 0 Å². The lowest BCUT2D eigenvalue weighted by Gasteiger charge is -2.27. The molecule has 110 valence electrons. The zero-order valence-electron chi connectivity index (χ0n) is 12.0. The molecule has 2 unspecified atom stereocenters. The average molecular weight is 276 g/mol. The Morgan fingerprint density at radius 3 is 2.65 bits per heavy atom. The molecule has 1 aliphatic heterocycles. The number of nitrogens with two attached hydrogens (primary N) is 1. The largest absolute Gasteiger partial charge is 0.383 e. The maximum Gasteiger partial charge on any atom is 0.316 e. The number of carbonyl (C=O) groups excluding carboxylic acids is 1. The normalized spacial score (nSPS) is 20.1. The highest BCUT2D eigenvalue weighted by molar-refractivity contribution is 5.87. The molecule has 5 heteroatoms. The predicted molar refractivity (Wildman–Crippen MR) is 83.0 cm³/mol. The summed E-state index contributed by atoms with van der Waals surface area (Å²) in [5.74, 6) is 0. The highest BCUT2D eigenvalue weighted by Gasteiger charge is 2.15. The zero-order valence-corrected chi connectivity index (χ0v) is 12.0. The molecular weight excluding hydrogens is 252 g/mol. The number of nitrogens with one attached hydrogen (secondary N) is 3. The van der Waals surface area contributed by atoms with Crippen molar-refractivity contribution in [2.45, 2.75) is 44.7 Å². The van der Waals surface area contributed by atoms with Gasteiger partial charge in [-0.15, -0.1) is 0 Å². The van der Waals surface area contributed by atoms with Crippen molar-refractivity contribution in [1.82, 2.24) is 5.32 Å². The summed E-state index contributed by atoms with van der Waals surface area (Å²) in [4.78, 5) is 10.7. The number of anilines is 2. The molecule has 1 aromatic rings. The third-order valence-corrected chi connectivity index (χ3v) is 3.62. The second kappa shape index (κ2) is 7.14. The first-order chi connectivity index (χ1) is 9.63. The Labute approximate surface area is 120 Å². The van der Waals surface area contributed by atoms with Gasteiger partial charge in [0, 0.05) is 23.5 Å². The van der Waals surface area contributed by atoms with Crippen LogP contribution in [0.3, 0.4) is 0 Å². The van der Waals surface area contributed by atoms with Crippen molar-refractivity contribution >= 4 is 17.4 Å². The first-order valence-corrected chi connectivity index (χ1v) is 7.30. The van der Waals surface area contributed by atoms with Gasteiger partial charge >= 0.3 is 6.03 Å². The van der Waals surface area contributed by atoms with Crippen LogP contribution in [0.1, 0.15) is 32.6 Å². The van der Waals surface area contributed by atoms with Gasteiger partial charge in [-0.3, -0.25) is 0 Å². The van der Waals surface area contributed by atoms with Crippen LogP contribution in [0.25, 0.3) is 0 Å². The van der Waals surface area contributed by atoms with E-state index in [0.717, 1.165) is 18.7 Å². The summed E-state index contributed by atoms with van der Waals surface area (Å²) in [5.41, 5.74) is 6.85. The zero-order chi connectivity index (χ0) is 14.4. The molecule has 5 N–H and O–H groups in total. The molecule has 0 bridgehead atoms. The van der Waals surface area contributed by atoms with E-state index in [1.165, 1.54) is 19.3 Å². The summed E-state index contributed by atoms with van der Waals surface area (Å²) in [7, 11) is 0. The molecule has 1 saturated heterocycles. The molecule has 1 heterocycles. The van der Waals surface area contributed by atoms with Gasteiger partial charge in [-0.1, -0.05) is 6.42 Å². The minimum Gasteiger partial charge on any atom is -0.383 e. The monoisotopic (exact) mass is 276 g/mol. The summed E-state index contributed by atoms with van der Waals surface area (Å²) in [6.07, 6.45) is 5.03. The number of hydrogen-bond acceptors (Lipinski definition) is 3. The molecule has 1 aliphatic rings. The fraction of sp³-hybridized carbons (Fsp3) is 0.533. The van der Waals surface area contributed by atoms with E-state index in [1.807, 2.05) is 24.3 Å². The number of hydrogen-bond donors (Lipinski definition) is 4. The molecule has 1 aromatic carbocycles. The van der Waals surface area contributed by atoms with E-state index < -0.39 is 6.03 Å². The molecule has 0 saturated carbocycles. The van der Waals surface area contributed by atoms with Gasteiger partial charge in [-0.2, -0.15) is 0 Å². The van der Waals surface area contributed by atoms with Gasteiger partial charge in [-0.25, -0.2) is 4.79 Å². The maximum atomic E-state index is 10.7. The van der Waals surface area contributed by atoms with E-state index in [0.29, 0.717) is 17.8 Å². The van der Waals surface area contributed by atoms with Crippen molar-refractivity contribution in [2.24, 2.45) is 5.73 Å². The fourth-order valence-corrected chi connectivity index (χ4v) is 2.69. The Kier molecular flexibility index (Phi) is 5.24. The third kappa shape index (κ3) is 4.74. The molecule has 0 radical (unpaired) electrons. The van der Waals surface area contributed by atoms with Crippen LogP contribution in [0.4, 0.5) is 16.2 Å². The molecule has 5 nitrogen and oxygen atoms in total. The van der Waals surface area contributed by atoms with Crippen molar-refractivity contribution < 1.29 is 4.79 Å². The van der Waals surface area contributed by atoms with E-state index in [4.69, 9.17) is 5.73 Å². The maximum absolute atomic E-state index is 10.7. The van der Waals surface area contributed by atoms with Crippen LogP contribution in [0.2, 0.25) is 0 Å². The Balaban J connectivity index is 1.81. The Bertz CT molecular complexity index is 426. The van der Waals surface area contributed by atoms with Crippen LogP contribution >= 0.6 is 0 Å². The molecule has 2 atom stereocenters. The number of urea groups is 1. The number of primary amides is 1. The van der Waals surface area contributed by atoms with Crippen LogP contribution in [0.15, 0.2) is 24.3 Å². The minimum absolute atomic E-state index is 0.417. The first kappa shape index (κ1) is 14.7. The van der Waals surface area contributed by atoms with E-state index in [2.05, 4.69) is 22.9 Å². The molecule has 20 heavy (non-hydrogen) atoms. The van der Waals surface area contributed by atoms with E-state index in [9.17, 15) is 4.79 Å². The Morgan fingerprint density at radius 2 is 2.05 bits per heavy atom. The van der Waals surface area contributed by atoms with Crippen LogP contribution in [-0.4, -0.2) is 24.7 Å². The van der Waals surface area contributed by atoms with Gasteiger partial charge in [0.1, 0.15) is 0 Å². The summed E-state index contributed by atoms with van der Waals surface area (Å²) in [6.45, 7) is 3.34. The lowest BCUT2D eigenvalue weighted by atomic mass is 9.98. The minimum atomic E-state index is -0.539. The van der Waals surface area contributed by atoms with Gasteiger partial charge in [0.2, 0.25) is 0 Å². The summed E-state index contributed by atoms with van der Waals surface area (Å²) < 4.78 is 0.